The number of likely N-dealkylation sites (tertiary alicyclic amines) is 1. The highest BCUT2D eigenvalue weighted by atomic mass is 19.1. The number of fused-ring (bicyclic) bond motifs is 1. The van der Waals surface area contributed by atoms with Crippen LogP contribution < -0.4 is 11.1 Å². The molecule has 1 aliphatic rings. The summed E-state index contributed by atoms with van der Waals surface area (Å²) in [4.78, 5) is 14.8. The first-order chi connectivity index (χ1) is 13.5. The van der Waals surface area contributed by atoms with Gasteiger partial charge in [-0.3, -0.25) is 9.89 Å². The molecular formula is C20H21F2N5O. The van der Waals surface area contributed by atoms with Crippen molar-refractivity contribution in [2.75, 3.05) is 30.7 Å². The monoisotopic (exact) mass is 385 g/mol. The standard InChI is InChI=1S/C20H21F2N5O/c21-17-12(5-8-27-6-1-2-7-27)10-15(18(22)19(17)23)20(28)25-14-3-4-16-13(9-14)11-24-26-16/h3-4,9-11H,1-2,5-8,23H2,(H,24,26)(H,25,28). The highest BCUT2D eigenvalue weighted by molar-refractivity contribution is 6.06. The smallest absolute Gasteiger partial charge is 0.258 e. The number of carbonyl (C=O) groups is 1. The maximum Gasteiger partial charge on any atom is 0.258 e. The molecule has 4 rings (SSSR count). The van der Waals surface area contributed by atoms with Gasteiger partial charge in [-0.05, 0) is 62.2 Å². The summed E-state index contributed by atoms with van der Waals surface area (Å²) >= 11 is 0. The van der Waals surface area contributed by atoms with E-state index in [1.165, 1.54) is 6.07 Å². The first-order valence-corrected chi connectivity index (χ1v) is 9.26. The van der Waals surface area contributed by atoms with Gasteiger partial charge in [0.05, 0.1) is 17.3 Å². The molecule has 1 aromatic heterocycles. The Hall–Kier alpha value is -3.00. The lowest BCUT2D eigenvalue weighted by molar-refractivity contribution is 0.102. The number of halogens is 2. The van der Waals surface area contributed by atoms with E-state index in [0.29, 0.717) is 18.7 Å². The zero-order valence-electron chi connectivity index (χ0n) is 15.3. The topological polar surface area (TPSA) is 87.0 Å². The molecule has 0 aliphatic carbocycles. The van der Waals surface area contributed by atoms with Gasteiger partial charge in [0.15, 0.2) is 11.6 Å². The van der Waals surface area contributed by atoms with Gasteiger partial charge < -0.3 is 16.0 Å². The van der Waals surface area contributed by atoms with E-state index in [1.54, 1.807) is 24.4 Å². The average molecular weight is 385 g/mol. The summed E-state index contributed by atoms with van der Waals surface area (Å²) in [6.45, 7) is 2.60. The third-order valence-electron chi connectivity index (χ3n) is 5.15. The summed E-state index contributed by atoms with van der Waals surface area (Å²) in [5.74, 6) is -2.49. The van der Waals surface area contributed by atoms with Gasteiger partial charge in [0.1, 0.15) is 5.69 Å². The molecule has 0 saturated carbocycles. The summed E-state index contributed by atoms with van der Waals surface area (Å²) in [5.41, 5.74) is 6.28. The first kappa shape index (κ1) is 18.4. The molecule has 0 atom stereocenters. The van der Waals surface area contributed by atoms with Crippen LogP contribution in [0.5, 0.6) is 0 Å². The molecule has 4 N–H and O–H groups in total. The van der Waals surface area contributed by atoms with Crippen molar-refractivity contribution in [2.45, 2.75) is 19.3 Å². The molecule has 3 aromatic rings. The SMILES string of the molecule is Nc1c(F)c(CCN2CCCC2)cc(C(=O)Nc2ccc3[nH]ncc3c2)c1F. The summed E-state index contributed by atoms with van der Waals surface area (Å²) in [5, 5.41) is 10.2. The van der Waals surface area contributed by atoms with Crippen molar-refractivity contribution in [1.82, 2.24) is 15.1 Å². The van der Waals surface area contributed by atoms with Gasteiger partial charge in [-0.1, -0.05) is 0 Å². The fourth-order valence-electron chi connectivity index (χ4n) is 3.57. The van der Waals surface area contributed by atoms with Crippen LogP contribution in [-0.4, -0.2) is 40.6 Å². The summed E-state index contributed by atoms with van der Waals surface area (Å²) in [6, 6.07) is 6.42. The summed E-state index contributed by atoms with van der Waals surface area (Å²) < 4.78 is 28.9. The first-order valence-electron chi connectivity index (χ1n) is 9.26. The lowest BCUT2D eigenvalue weighted by atomic mass is 10.0. The minimum absolute atomic E-state index is 0.251. The normalized spacial score (nSPS) is 14.6. The molecule has 1 aliphatic heterocycles. The molecule has 0 bridgehead atoms. The zero-order valence-corrected chi connectivity index (χ0v) is 15.3. The van der Waals surface area contributed by atoms with Crippen molar-refractivity contribution in [3.8, 4) is 0 Å². The maximum absolute atomic E-state index is 14.5. The predicted molar refractivity (Wildman–Crippen MR) is 104 cm³/mol. The Labute approximate surface area is 160 Å². The third kappa shape index (κ3) is 3.55. The van der Waals surface area contributed by atoms with E-state index in [4.69, 9.17) is 5.73 Å². The van der Waals surface area contributed by atoms with Crippen molar-refractivity contribution in [3.63, 3.8) is 0 Å². The van der Waals surface area contributed by atoms with E-state index >= 15 is 0 Å². The minimum Gasteiger partial charge on any atom is -0.394 e. The molecule has 0 unspecified atom stereocenters. The van der Waals surface area contributed by atoms with Crippen LogP contribution in [0.25, 0.3) is 10.9 Å². The number of rotatable bonds is 5. The molecule has 146 valence electrons. The molecule has 0 spiro atoms. The second kappa shape index (κ2) is 7.55. The number of nitrogens with two attached hydrogens (primary N) is 1. The Morgan fingerprint density at radius 2 is 2.00 bits per heavy atom. The van der Waals surface area contributed by atoms with Crippen LogP contribution in [0.3, 0.4) is 0 Å². The average Bonchev–Trinajstić information content (AvgIpc) is 3.36. The van der Waals surface area contributed by atoms with E-state index in [1.807, 2.05) is 0 Å². The van der Waals surface area contributed by atoms with Crippen LogP contribution in [0.2, 0.25) is 0 Å². The quantitative estimate of drug-likeness (QED) is 0.588. The molecule has 2 aromatic carbocycles. The van der Waals surface area contributed by atoms with Crippen molar-refractivity contribution in [2.24, 2.45) is 0 Å². The zero-order chi connectivity index (χ0) is 19.7. The molecule has 1 fully saturated rings. The van der Waals surface area contributed by atoms with Gasteiger partial charge in [-0.2, -0.15) is 5.10 Å². The molecule has 2 heterocycles. The second-order valence-corrected chi connectivity index (χ2v) is 7.05. The Bertz CT molecular complexity index is 1030. The number of amides is 1. The van der Waals surface area contributed by atoms with Crippen LogP contribution in [0.1, 0.15) is 28.8 Å². The Morgan fingerprint density at radius 1 is 1.21 bits per heavy atom. The lowest BCUT2D eigenvalue weighted by Gasteiger charge is -2.16. The highest BCUT2D eigenvalue weighted by Crippen LogP contribution is 2.25. The van der Waals surface area contributed by atoms with Gasteiger partial charge >= 0.3 is 0 Å². The maximum atomic E-state index is 14.5. The number of carbonyl (C=O) groups excluding carboxylic acids is 1. The number of anilines is 2. The van der Waals surface area contributed by atoms with E-state index in [2.05, 4.69) is 20.4 Å². The number of hydrogen-bond donors (Lipinski definition) is 3. The predicted octanol–water partition coefficient (Wildman–Crippen LogP) is 3.31. The Balaban J connectivity index is 1.57. The fourth-order valence-corrected chi connectivity index (χ4v) is 3.57. The number of aromatic amines is 1. The molecular weight excluding hydrogens is 364 g/mol. The van der Waals surface area contributed by atoms with Gasteiger partial charge in [0.25, 0.3) is 5.91 Å². The van der Waals surface area contributed by atoms with Crippen LogP contribution in [0.4, 0.5) is 20.2 Å². The molecule has 1 amide bonds. The van der Waals surface area contributed by atoms with Gasteiger partial charge in [0, 0.05) is 17.6 Å². The van der Waals surface area contributed by atoms with E-state index < -0.39 is 23.2 Å². The fraction of sp³-hybridized carbons (Fsp3) is 0.300. The number of nitrogens with zero attached hydrogens (tertiary/aromatic N) is 2. The summed E-state index contributed by atoms with van der Waals surface area (Å²) in [6.07, 6.45) is 4.25. The van der Waals surface area contributed by atoms with Crippen LogP contribution >= 0.6 is 0 Å². The molecule has 1 saturated heterocycles. The Kier molecular flexibility index (Phi) is 4.95. The van der Waals surface area contributed by atoms with Gasteiger partial charge in [-0.25, -0.2) is 8.78 Å². The number of nitrogens with one attached hydrogen (secondary N) is 2. The van der Waals surface area contributed by atoms with Gasteiger partial charge in [0.2, 0.25) is 0 Å². The van der Waals surface area contributed by atoms with Crippen LogP contribution in [-0.2, 0) is 6.42 Å². The van der Waals surface area contributed by atoms with E-state index in [0.717, 1.165) is 36.8 Å². The third-order valence-corrected chi connectivity index (χ3v) is 5.15. The van der Waals surface area contributed by atoms with E-state index in [9.17, 15) is 13.6 Å². The lowest BCUT2D eigenvalue weighted by Crippen LogP contribution is -2.23. The largest absolute Gasteiger partial charge is 0.394 e. The van der Waals surface area contributed by atoms with Crippen molar-refractivity contribution in [1.29, 1.82) is 0 Å². The molecule has 28 heavy (non-hydrogen) atoms. The number of H-pyrrole nitrogens is 1. The van der Waals surface area contributed by atoms with E-state index in [-0.39, 0.29) is 11.1 Å². The molecule has 0 radical (unpaired) electrons. The van der Waals surface area contributed by atoms with Crippen molar-refractivity contribution in [3.05, 3.63) is 53.2 Å². The number of benzene rings is 2. The van der Waals surface area contributed by atoms with Crippen molar-refractivity contribution < 1.29 is 13.6 Å². The molecule has 8 heteroatoms. The highest BCUT2D eigenvalue weighted by Gasteiger charge is 2.22. The van der Waals surface area contributed by atoms with Gasteiger partial charge in [-0.15, -0.1) is 0 Å². The Morgan fingerprint density at radius 3 is 2.79 bits per heavy atom. The number of aromatic nitrogens is 2. The minimum atomic E-state index is -1.04. The van der Waals surface area contributed by atoms with Crippen LogP contribution in [0, 0.1) is 11.6 Å². The number of hydrogen-bond acceptors (Lipinski definition) is 4. The number of nitrogen functional groups attached to an aromatic ring is 1. The summed E-state index contributed by atoms with van der Waals surface area (Å²) in [7, 11) is 0. The second-order valence-electron chi connectivity index (χ2n) is 7.05. The molecule has 6 nitrogen and oxygen atoms in total. The van der Waals surface area contributed by atoms with Crippen LogP contribution in [0.15, 0.2) is 30.5 Å². The van der Waals surface area contributed by atoms with Crippen molar-refractivity contribution >= 4 is 28.2 Å².